The minimum atomic E-state index is -0.259. The zero-order valence-electron chi connectivity index (χ0n) is 6.22. The molecule has 0 spiro atoms. The maximum atomic E-state index is 9.19. The molecule has 0 aliphatic heterocycles. The van der Waals surface area contributed by atoms with Gasteiger partial charge in [0.15, 0.2) is 0 Å². The third-order valence-corrected chi connectivity index (χ3v) is 2.61. The van der Waals surface area contributed by atoms with Crippen LogP contribution in [0.15, 0.2) is 0 Å². The molecule has 1 nitrogen and oxygen atoms in total. The van der Waals surface area contributed by atoms with Gasteiger partial charge in [0, 0.05) is 5.88 Å². The molecule has 1 aliphatic carbocycles. The second-order valence-corrected chi connectivity index (χ2v) is 3.50. The van der Waals surface area contributed by atoms with Crippen molar-refractivity contribution in [3.63, 3.8) is 0 Å². The van der Waals surface area contributed by atoms with Crippen molar-refractivity contribution in [2.24, 2.45) is 5.92 Å². The molecule has 0 saturated heterocycles. The first kappa shape index (κ1) is 8.35. The van der Waals surface area contributed by atoms with Crippen LogP contribution >= 0.6 is 11.6 Å². The lowest BCUT2D eigenvalue weighted by Gasteiger charge is -2.11. The van der Waals surface area contributed by atoms with E-state index in [1.54, 1.807) is 0 Å². The van der Waals surface area contributed by atoms with E-state index in [9.17, 15) is 5.11 Å². The fourth-order valence-corrected chi connectivity index (χ4v) is 1.82. The standard InChI is InChI=1S/C8H15ClO/c9-6-8(10)5-7-3-1-2-4-7/h7-8,10H,1-6H2. The van der Waals surface area contributed by atoms with Gasteiger partial charge in [-0.2, -0.15) is 0 Å². The highest BCUT2D eigenvalue weighted by atomic mass is 35.5. The lowest BCUT2D eigenvalue weighted by Crippen LogP contribution is -2.12. The van der Waals surface area contributed by atoms with E-state index in [0.29, 0.717) is 5.88 Å². The molecule has 10 heavy (non-hydrogen) atoms. The predicted octanol–water partition coefficient (Wildman–Crippen LogP) is 2.17. The highest BCUT2D eigenvalue weighted by molar-refractivity contribution is 6.18. The molecule has 0 bridgehead atoms. The summed E-state index contributed by atoms with van der Waals surface area (Å²) in [5.74, 6) is 1.16. The molecular formula is C8H15ClO. The van der Waals surface area contributed by atoms with Gasteiger partial charge in [-0.25, -0.2) is 0 Å². The van der Waals surface area contributed by atoms with Crippen molar-refractivity contribution in [1.82, 2.24) is 0 Å². The van der Waals surface area contributed by atoms with Gasteiger partial charge in [-0.15, -0.1) is 11.6 Å². The number of alkyl halides is 1. The van der Waals surface area contributed by atoms with Crippen molar-refractivity contribution >= 4 is 11.6 Å². The zero-order chi connectivity index (χ0) is 7.40. The first-order valence-electron chi connectivity index (χ1n) is 4.07. The smallest absolute Gasteiger partial charge is 0.0678 e. The Balaban J connectivity index is 2.11. The topological polar surface area (TPSA) is 20.2 Å². The Hall–Kier alpha value is 0.250. The summed E-state index contributed by atoms with van der Waals surface area (Å²) in [4.78, 5) is 0. The Morgan fingerprint density at radius 3 is 2.50 bits per heavy atom. The van der Waals surface area contributed by atoms with Crippen LogP contribution in [-0.4, -0.2) is 17.1 Å². The highest BCUT2D eigenvalue weighted by Crippen LogP contribution is 2.28. The molecule has 0 aromatic carbocycles. The average molecular weight is 163 g/mol. The first-order valence-corrected chi connectivity index (χ1v) is 4.60. The summed E-state index contributed by atoms with van der Waals surface area (Å²) >= 11 is 5.48. The molecule has 0 amide bonds. The Labute approximate surface area is 67.4 Å². The van der Waals surface area contributed by atoms with Crippen LogP contribution in [0, 0.1) is 5.92 Å². The Morgan fingerprint density at radius 2 is 2.00 bits per heavy atom. The van der Waals surface area contributed by atoms with Crippen LogP contribution in [-0.2, 0) is 0 Å². The van der Waals surface area contributed by atoms with E-state index in [0.717, 1.165) is 12.3 Å². The summed E-state index contributed by atoms with van der Waals surface area (Å²) < 4.78 is 0. The molecule has 0 aromatic heterocycles. The second kappa shape index (κ2) is 4.20. The lowest BCUT2D eigenvalue weighted by atomic mass is 10.0. The van der Waals surface area contributed by atoms with Crippen LogP contribution in [0.2, 0.25) is 0 Å². The molecule has 1 saturated carbocycles. The van der Waals surface area contributed by atoms with E-state index < -0.39 is 0 Å². The number of rotatable bonds is 3. The fourth-order valence-electron chi connectivity index (χ4n) is 1.69. The van der Waals surface area contributed by atoms with Crippen LogP contribution in [0.3, 0.4) is 0 Å². The summed E-state index contributed by atoms with van der Waals surface area (Å²) in [5, 5.41) is 9.19. The zero-order valence-corrected chi connectivity index (χ0v) is 6.98. The first-order chi connectivity index (χ1) is 4.83. The molecule has 1 unspecified atom stereocenters. The Kier molecular flexibility index (Phi) is 3.50. The summed E-state index contributed by atoms with van der Waals surface area (Å²) in [6, 6.07) is 0. The Bertz CT molecular complexity index is 89.3. The third kappa shape index (κ3) is 2.47. The highest BCUT2D eigenvalue weighted by Gasteiger charge is 2.17. The van der Waals surface area contributed by atoms with E-state index in [4.69, 9.17) is 11.6 Å². The van der Waals surface area contributed by atoms with Crippen molar-refractivity contribution in [1.29, 1.82) is 0 Å². The molecule has 1 fully saturated rings. The largest absolute Gasteiger partial charge is 0.392 e. The maximum Gasteiger partial charge on any atom is 0.0678 e. The van der Waals surface area contributed by atoms with Gasteiger partial charge < -0.3 is 5.11 Å². The molecule has 0 aromatic rings. The minimum Gasteiger partial charge on any atom is -0.392 e. The molecule has 1 aliphatic rings. The van der Waals surface area contributed by atoms with Crippen LogP contribution < -0.4 is 0 Å². The van der Waals surface area contributed by atoms with Gasteiger partial charge in [-0.05, 0) is 12.3 Å². The number of hydrogen-bond donors (Lipinski definition) is 1. The quantitative estimate of drug-likeness (QED) is 0.631. The number of halogens is 1. The maximum absolute atomic E-state index is 9.19. The SMILES string of the molecule is OC(CCl)CC1CCCC1. The van der Waals surface area contributed by atoms with E-state index in [1.807, 2.05) is 0 Å². The minimum absolute atomic E-state index is 0.259. The fraction of sp³-hybridized carbons (Fsp3) is 1.00. The van der Waals surface area contributed by atoms with Crippen LogP contribution in [0.4, 0.5) is 0 Å². The van der Waals surface area contributed by atoms with E-state index in [2.05, 4.69) is 0 Å². The van der Waals surface area contributed by atoms with Crippen molar-refractivity contribution in [3.05, 3.63) is 0 Å². The van der Waals surface area contributed by atoms with Crippen LogP contribution in [0.5, 0.6) is 0 Å². The molecule has 60 valence electrons. The van der Waals surface area contributed by atoms with Crippen LogP contribution in [0.1, 0.15) is 32.1 Å². The van der Waals surface area contributed by atoms with E-state index in [-0.39, 0.29) is 6.10 Å². The van der Waals surface area contributed by atoms with Crippen molar-refractivity contribution in [2.75, 3.05) is 5.88 Å². The molecule has 1 rings (SSSR count). The molecule has 1 N–H and O–H groups in total. The van der Waals surface area contributed by atoms with Gasteiger partial charge in [0.2, 0.25) is 0 Å². The molecule has 1 atom stereocenters. The van der Waals surface area contributed by atoms with E-state index in [1.165, 1.54) is 25.7 Å². The van der Waals surface area contributed by atoms with Gasteiger partial charge in [-0.3, -0.25) is 0 Å². The molecular weight excluding hydrogens is 148 g/mol. The lowest BCUT2D eigenvalue weighted by molar-refractivity contribution is 0.164. The van der Waals surface area contributed by atoms with Crippen molar-refractivity contribution in [2.45, 2.75) is 38.2 Å². The Morgan fingerprint density at radius 1 is 1.40 bits per heavy atom. The molecule has 2 heteroatoms. The van der Waals surface area contributed by atoms with Crippen LogP contribution in [0.25, 0.3) is 0 Å². The van der Waals surface area contributed by atoms with Gasteiger partial charge in [0.25, 0.3) is 0 Å². The van der Waals surface area contributed by atoms with Gasteiger partial charge in [0.05, 0.1) is 6.10 Å². The number of aliphatic hydroxyl groups excluding tert-OH is 1. The van der Waals surface area contributed by atoms with Crippen molar-refractivity contribution in [3.8, 4) is 0 Å². The monoisotopic (exact) mass is 162 g/mol. The molecule has 0 heterocycles. The normalized spacial score (nSPS) is 23.4. The summed E-state index contributed by atoms with van der Waals surface area (Å²) in [5.41, 5.74) is 0. The van der Waals surface area contributed by atoms with E-state index >= 15 is 0 Å². The van der Waals surface area contributed by atoms with Crippen molar-refractivity contribution < 1.29 is 5.11 Å². The summed E-state index contributed by atoms with van der Waals surface area (Å²) in [6.07, 6.45) is 5.95. The number of hydrogen-bond acceptors (Lipinski definition) is 1. The predicted molar refractivity (Wildman–Crippen MR) is 43.3 cm³/mol. The third-order valence-electron chi connectivity index (χ3n) is 2.26. The summed E-state index contributed by atoms with van der Waals surface area (Å²) in [7, 11) is 0. The molecule has 0 radical (unpaired) electrons. The number of aliphatic hydroxyl groups is 1. The van der Waals surface area contributed by atoms with Gasteiger partial charge >= 0.3 is 0 Å². The second-order valence-electron chi connectivity index (χ2n) is 3.19. The summed E-state index contributed by atoms with van der Waals surface area (Å²) in [6.45, 7) is 0. The average Bonchev–Trinajstić information content (AvgIpc) is 2.40. The van der Waals surface area contributed by atoms with Gasteiger partial charge in [0.1, 0.15) is 0 Å². The van der Waals surface area contributed by atoms with Gasteiger partial charge in [-0.1, -0.05) is 25.7 Å².